The zero-order valence-electron chi connectivity index (χ0n) is 32.7. The van der Waals surface area contributed by atoms with Crippen molar-refractivity contribution in [1.82, 2.24) is 15.1 Å². The smallest absolute Gasteiger partial charge is 0.374 e. The Morgan fingerprint density at radius 1 is 1.02 bits per heavy atom. The maximum absolute atomic E-state index is 13.7. The van der Waals surface area contributed by atoms with E-state index in [1.54, 1.807) is 38.1 Å². The van der Waals surface area contributed by atoms with E-state index in [1.807, 2.05) is 10.6 Å². The van der Waals surface area contributed by atoms with Crippen molar-refractivity contribution in [3.8, 4) is 6.07 Å². The number of carbonyl (C=O) groups excluding carboxylic acids is 4. The van der Waals surface area contributed by atoms with Crippen LogP contribution in [-0.4, -0.2) is 98.7 Å². The lowest BCUT2D eigenvalue weighted by atomic mass is 9.84. The Hall–Kier alpha value is -4.72. The van der Waals surface area contributed by atoms with Gasteiger partial charge in [-0.05, 0) is 109 Å². The number of piperidine rings is 1. The van der Waals surface area contributed by atoms with Crippen molar-refractivity contribution in [2.45, 2.75) is 109 Å². The molecule has 0 radical (unpaired) electrons. The second kappa shape index (κ2) is 17.0. The molecule has 3 heterocycles. The van der Waals surface area contributed by atoms with Crippen LogP contribution in [0.1, 0.15) is 90.2 Å². The second-order valence-electron chi connectivity index (χ2n) is 16.2. The predicted molar refractivity (Wildman–Crippen MR) is 214 cm³/mol. The lowest BCUT2D eigenvalue weighted by Crippen LogP contribution is -2.58. The Balaban J connectivity index is 0.965. The van der Waals surface area contributed by atoms with Crippen LogP contribution in [-0.2, 0) is 25.4 Å². The van der Waals surface area contributed by atoms with E-state index in [0.29, 0.717) is 23.7 Å². The minimum Gasteiger partial charge on any atom is -0.374 e. The van der Waals surface area contributed by atoms with Gasteiger partial charge in [-0.15, -0.1) is 4.90 Å². The van der Waals surface area contributed by atoms with Crippen molar-refractivity contribution >= 4 is 63.7 Å². The SMILES string of the molecule is C[C@@H]1CN(CCCC2CCC(=[N+]3C(=S)N(c4ccc(C#N)c(C(F)(F)F)c4)C(=O)C3(C)C)CC2)C[C@H](C)N1CC(=O)Nc1cccc(N[C@@H]2CCC(=O)NC2=O)c1. The first kappa shape index (κ1) is 41.9. The standard InChI is InChI=1S/C41H49F3N8O4S/c1-25-22-49(23-26(2)50(25)24-36(54)47-30-9-5-8-29(19-30)46-34-16-17-35(53)48-37(34)55)18-6-7-27-10-13-31(14-11-27)52-39(57)51(38(56)40(52,3)4)32-15-12-28(21-45)33(20-32)41(42,43)44/h5,8-9,12,15,19-20,25-27,34,46H,6-7,10-11,13-14,16-18,22-24H2,1-4H3,(H-,47,48,53,54,55)/p+1/t25-,26+,27?,34-/m1/s1. The van der Waals surface area contributed by atoms with Gasteiger partial charge in [-0.2, -0.15) is 18.4 Å². The first-order valence-electron chi connectivity index (χ1n) is 19.6. The topological polar surface area (TPSA) is 141 Å². The first-order valence-corrected chi connectivity index (χ1v) is 20.0. The average molecular weight is 808 g/mol. The van der Waals surface area contributed by atoms with E-state index in [4.69, 9.17) is 12.2 Å². The summed E-state index contributed by atoms with van der Waals surface area (Å²) in [6, 6.07) is 11.9. The van der Waals surface area contributed by atoms with E-state index in [2.05, 4.69) is 39.6 Å². The van der Waals surface area contributed by atoms with Crippen molar-refractivity contribution in [3.05, 3.63) is 53.6 Å². The highest BCUT2D eigenvalue weighted by Gasteiger charge is 2.57. The second-order valence-corrected chi connectivity index (χ2v) is 16.6. The monoisotopic (exact) mass is 807 g/mol. The number of nitrogens with zero attached hydrogens (tertiary/aromatic N) is 5. The molecule has 0 spiro atoms. The quantitative estimate of drug-likeness (QED) is 0.158. The van der Waals surface area contributed by atoms with Crippen LogP contribution >= 0.6 is 12.2 Å². The van der Waals surface area contributed by atoms with Gasteiger partial charge in [0.1, 0.15) is 11.7 Å². The van der Waals surface area contributed by atoms with E-state index >= 15 is 0 Å². The van der Waals surface area contributed by atoms with Gasteiger partial charge < -0.3 is 15.5 Å². The number of nitrogens with one attached hydrogen (secondary N) is 3. The van der Waals surface area contributed by atoms with Gasteiger partial charge in [0.2, 0.25) is 23.3 Å². The molecule has 4 fully saturated rings. The third-order valence-electron chi connectivity index (χ3n) is 11.7. The van der Waals surface area contributed by atoms with Gasteiger partial charge in [0.05, 0.1) is 29.5 Å². The summed E-state index contributed by atoms with van der Waals surface area (Å²) in [6.45, 7) is 10.7. The van der Waals surface area contributed by atoms with Gasteiger partial charge in [-0.1, -0.05) is 6.07 Å². The van der Waals surface area contributed by atoms with Crippen LogP contribution in [0.15, 0.2) is 42.5 Å². The molecule has 3 aliphatic heterocycles. The average Bonchev–Trinajstić information content (AvgIpc) is 3.32. The molecule has 3 N–H and O–H groups in total. The Bertz CT molecular complexity index is 1990. The van der Waals surface area contributed by atoms with Crippen LogP contribution in [0.2, 0.25) is 0 Å². The summed E-state index contributed by atoms with van der Waals surface area (Å²) in [5.41, 5.74) is -0.358. The largest absolute Gasteiger partial charge is 0.417 e. The zero-order chi connectivity index (χ0) is 41.2. The molecule has 3 saturated heterocycles. The number of rotatable bonds is 10. The third-order valence-corrected chi connectivity index (χ3v) is 12.0. The molecule has 6 rings (SSSR count). The van der Waals surface area contributed by atoms with Gasteiger partial charge in [0.15, 0.2) is 0 Å². The van der Waals surface area contributed by atoms with E-state index < -0.39 is 34.8 Å². The number of amides is 4. The fraction of sp³-hybridized carbons (Fsp3) is 0.537. The molecule has 1 saturated carbocycles. The molecular formula is C41H50F3N8O4S+. The number of nitriles is 1. The third kappa shape index (κ3) is 9.37. The normalized spacial score (nSPS) is 24.7. The fourth-order valence-electron chi connectivity index (χ4n) is 8.73. The van der Waals surface area contributed by atoms with Crippen LogP contribution in [0, 0.1) is 17.2 Å². The summed E-state index contributed by atoms with van der Waals surface area (Å²) in [7, 11) is 0. The molecule has 0 aromatic heterocycles. The summed E-state index contributed by atoms with van der Waals surface area (Å²) in [5, 5.41) is 17.9. The highest BCUT2D eigenvalue weighted by molar-refractivity contribution is 7.80. The number of alkyl halides is 3. The number of carbonyl (C=O) groups is 4. The van der Waals surface area contributed by atoms with Crippen LogP contribution in [0.4, 0.5) is 30.2 Å². The molecule has 3 atom stereocenters. The number of hydrogen-bond acceptors (Lipinski definition) is 9. The zero-order valence-corrected chi connectivity index (χ0v) is 33.6. The molecule has 1 aliphatic carbocycles. The van der Waals surface area contributed by atoms with E-state index in [0.717, 1.165) is 76.0 Å². The number of hydrogen-bond donors (Lipinski definition) is 3. The number of imide groups is 1. The first-order chi connectivity index (χ1) is 27.0. The highest BCUT2D eigenvalue weighted by atomic mass is 32.1. The van der Waals surface area contributed by atoms with Crippen LogP contribution in [0.5, 0.6) is 0 Å². The Kier molecular flexibility index (Phi) is 12.5. The molecule has 0 bridgehead atoms. The molecule has 12 nitrogen and oxygen atoms in total. The molecule has 4 amide bonds. The maximum atomic E-state index is 13.7. The summed E-state index contributed by atoms with van der Waals surface area (Å²) in [4.78, 5) is 56.3. The lowest BCUT2D eigenvalue weighted by molar-refractivity contribution is -0.468. The molecule has 0 unspecified atom stereocenters. The summed E-state index contributed by atoms with van der Waals surface area (Å²) in [6.07, 6.45) is 1.36. The van der Waals surface area contributed by atoms with Crippen LogP contribution in [0.3, 0.4) is 0 Å². The highest BCUT2D eigenvalue weighted by Crippen LogP contribution is 2.38. The van der Waals surface area contributed by atoms with Crippen molar-refractivity contribution in [2.24, 2.45) is 5.92 Å². The number of benzene rings is 2. The van der Waals surface area contributed by atoms with E-state index in [1.165, 1.54) is 11.0 Å². The van der Waals surface area contributed by atoms with Gasteiger partial charge in [-0.25, -0.2) is 9.37 Å². The van der Waals surface area contributed by atoms with Gasteiger partial charge >= 0.3 is 17.2 Å². The Labute approximate surface area is 336 Å². The molecular weight excluding hydrogens is 758 g/mol. The molecule has 16 heteroatoms. The summed E-state index contributed by atoms with van der Waals surface area (Å²) >= 11 is 5.75. The Morgan fingerprint density at radius 2 is 1.70 bits per heavy atom. The minimum atomic E-state index is -4.76. The predicted octanol–water partition coefficient (Wildman–Crippen LogP) is 5.66. The summed E-state index contributed by atoms with van der Waals surface area (Å²) in [5.74, 6) is -0.648. The lowest BCUT2D eigenvalue weighted by Gasteiger charge is -2.44. The minimum absolute atomic E-state index is 0.00205. The van der Waals surface area contributed by atoms with Gasteiger partial charge in [0, 0.05) is 68.0 Å². The number of thiocarbonyl (C=S) groups is 1. The fourth-order valence-corrected chi connectivity index (χ4v) is 9.27. The van der Waals surface area contributed by atoms with Crippen molar-refractivity contribution in [2.75, 3.05) is 41.7 Å². The van der Waals surface area contributed by atoms with Crippen molar-refractivity contribution < 1.29 is 36.9 Å². The number of piperazine rings is 1. The van der Waals surface area contributed by atoms with Crippen molar-refractivity contribution in [3.63, 3.8) is 0 Å². The van der Waals surface area contributed by atoms with E-state index in [-0.39, 0.29) is 53.6 Å². The number of halogens is 3. The van der Waals surface area contributed by atoms with Gasteiger partial charge in [0.25, 0.3) is 0 Å². The van der Waals surface area contributed by atoms with Crippen molar-refractivity contribution in [1.29, 1.82) is 5.26 Å². The summed E-state index contributed by atoms with van der Waals surface area (Å²) < 4.78 is 43.0. The molecule has 2 aromatic carbocycles. The van der Waals surface area contributed by atoms with Crippen LogP contribution in [0.25, 0.3) is 0 Å². The Morgan fingerprint density at radius 3 is 2.35 bits per heavy atom. The van der Waals surface area contributed by atoms with Crippen LogP contribution < -0.4 is 20.9 Å². The molecule has 2 aromatic rings. The molecule has 304 valence electrons. The maximum Gasteiger partial charge on any atom is 0.417 e. The van der Waals surface area contributed by atoms with Gasteiger partial charge in [-0.3, -0.25) is 24.6 Å². The number of anilines is 3. The molecule has 4 aliphatic rings. The molecule has 57 heavy (non-hydrogen) atoms. The van der Waals surface area contributed by atoms with E-state index in [9.17, 15) is 37.6 Å².